The van der Waals surface area contributed by atoms with E-state index >= 15 is 0 Å². The lowest BCUT2D eigenvalue weighted by atomic mass is 9.89. The van der Waals surface area contributed by atoms with E-state index in [2.05, 4.69) is 22.8 Å². The van der Waals surface area contributed by atoms with E-state index in [0.29, 0.717) is 12.3 Å². The molecule has 2 aliphatic heterocycles. The SMILES string of the molecule is O=C1NC(=O)[C@H](CCC(=O)N2CCC(c3ccccc3)CC2)N1. The fraction of sp³-hybridized carbons (Fsp3) is 0.471. The zero-order valence-electron chi connectivity index (χ0n) is 13.0. The summed E-state index contributed by atoms with van der Waals surface area (Å²) in [7, 11) is 0. The van der Waals surface area contributed by atoms with Crippen LogP contribution in [0.5, 0.6) is 0 Å². The summed E-state index contributed by atoms with van der Waals surface area (Å²) in [6.07, 6.45) is 2.58. The van der Waals surface area contributed by atoms with Gasteiger partial charge in [-0.25, -0.2) is 4.79 Å². The first kappa shape index (κ1) is 15.5. The number of nitrogens with zero attached hydrogens (tertiary/aromatic N) is 1. The van der Waals surface area contributed by atoms with Gasteiger partial charge in [-0.2, -0.15) is 0 Å². The first-order chi connectivity index (χ1) is 11.1. The van der Waals surface area contributed by atoms with Crippen molar-refractivity contribution in [1.82, 2.24) is 15.5 Å². The normalized spacial score (nSPS) is 21.9. The van der Waals surface area contributed by atoms with Crippen LogP contribution in [0.3, 0.4) is 0 Å². The van der Waals surface area contributed by atoms with Gasteiger partial charge >= 0.3 is 6.03 Å². The quantitative estimate of drug-likeness (QED) is 0.824. The lowest BCUT2D eigenvalue weighted by Gasteiger charge is -2.32. The average molecular weight is 315 g/mol. The summed E-state index contributed by atoms with van der Waals surface area (Å²) in [5.41, 5.74) is 1.34. The van der Waals surface area contributed by atoms with E-state index in [4.69, 9.17) is 0 Å². The Bertz CT molecular complexity index is 594. The zero-order chi connectivity index (χ0) is 16.2. The molecule has 2 heterocycles. The Morgan fingerprint density at radius 1 is 1.13 bits per heavy atom. The summed E-state index contributed by atoms with van der Waals surface area (Å²) in [4.78, 5) is 36.6. The van der Waals surface area contributed by atoms with Gasteiger partial charge < -0.3 is 10.2 Å². The van der Waals surface area contributed by atoms with Crippen LogP contribution in [-0.4, -0.2) is 41.9 Å². The first-order valence-corrected chi connectivity index (χ1v) is 8.07. The van der Waals surface area contributed by atoms with Crippen LogP contribution in [0.2, 0.25) is 0 Å². The molecule has 3 rings (SSSR count). The molecular formula is C17H21N3O3. The van der Waals surface area contributed by atoms with Gasteiger partial charge in [0.1, 0.15) is 6.04 Å². The molecule has 2 fully saturated rings. The van der Waals surface area contributed by atoms with Crippen molar-refractivity contribution in [1.29, 1.82) is 0 Å². The molecule has 122 valence electrons. The highest BCUT2D eigenvalue weighted by Gasteiger charge is 2.30. The van der Waals surface area contributed by atoms with Crippen LogP contribution in [0.25, 0.3) is 0 Å². The van der Waals surface area contributed by atoms with Crippen molar-refractivity contribution in [2.75, 3.05) is 13.1 Å². The van der Waals surface area contributed by atoms with Gasteiger partial charge in [-0.1, -0.05) is 30.3 Å². The number of carbonyl (C=O) groups is 3. The molecule has 2 aliphatic rings. The highest BCUT2D eigenvalue weighted by molar-refractivity contribution is 6.04. The number of rotatable bonds is 4. The minimum Gasteiger partial charge on any atom is -0.343 e. The second kappa shape index (κ2) is 6.81. The third-order valence-electron chi connectivity index (χ3n) is 4.62. The van der Waals surface area contributed by atoms with E-state index in [0.717, 1.165) is 25.9 Å². The molecule has 0 unspecified atom stereocenters. The van der Waals surface area contributed by atoms with Crippen molar-refractivity contribution >= 4 is 17.8 Å². The van der Waals surface area contributed by atoms with Crippen LogP contribution in [0, 0.1) is 0 Å². The van der Waals surface area contributed by atoms with Crippen molar-refractivity contribution in [3.63, 3.8) is 0 Å². The Morgan fingerprint density at radius 2 is 1.83 bits per heavy atom. The lowest BCUT2D eigenvalue weighted by molar-refractivity contribution is -0.132. The molecule has 1 aromatic carbocycles. The van der Waals surface area contributed by atoms with Crippen LogP contribution >= 0.6 is 0 Å². The van der Waals surface area contributed by atoms with Crippen molar-refractivity contribution in [2.24, 2.45) is 0 Å². The largest absolute Gasteiger partial charge is 0.343 e. The van der Waals surface area contributed by atoms with E-state index in [1.165, 1.54) is 5.56 Å². The fourth-order valence-electron chi connectivity index (χ4n) is 3.28. The van der Waals surface area contributed by atoms with Crippen molar-refractivity contribution < 1.29 is 14.4 Å². The Labute approximate surface area is 135 Å². The molecule has 0 bridgehead atoms. The summed E-state index contributed by atoms with van der Waals surface area (Å²) in [5.74, 6) is 0.233. The topological polar surface area (TPSA) is 78.5 Å². The molecule has 6 nitrogen and oxygen atoms in total. The van der Waals surface area contributed by atoms with E-state index in [-0.39, 0.29) is 18.2 Å². The minimum absolute atomic E-state index is 0.0606. The molecule has 1 atom stereocenters. The van der Waals surface area contributed by atoms with Crippen molar-refractivity contribution in [2.45, 2.75) is 37.6 Å². The second-order valence-corrected chi connectivity index (χ2v) is 6.12. The van der Waals surface area contributed by atoms with Gasteiger partial charge in [-0.3, -0.25) is 14.9 Å². The molecule has 2 N–H and O–H groups in total. The Morgan fingerprint density at radius 3 is 2.43 bits per heavy atom. The maximum atomic E-state index is 12.3. The van der Waals surface area contributed by atoms with Gasteiger partial charge in [0, 0.05) is 19.5 Å². The number of piperidine rings is 1. The van der Waals surface area contributed by atoms with Crippen LogP contribution in [0.4, 0.5) is 4.79 Å². The summed E-state index contributed by atoms with van der Waals surface area (Å²) in [5, 5.41) is 4.70. The summed E-state index contributed by atoms with van der Waals surface area (Å²) in [6.45, 7) is 1.50. The highest BCUT2D eigenvalue weighted by Crippen LogP contribution is 2.28. The molecule has 0 aromatic heterocycles. The molecule has 0 aliphatic carbocycles. The molecule has 2 saturated heterocycles. The summed E-state index contributed by atoms with van der Waals surface area (Å²) in [6, 6.07) is 9.35. The number of likely N-dealkylation sites (tertiary alicyclic amines) is 1. The number of nitrogens with one attached hydrogen (secondary N) is 2. The van der Waals surface area contributed by atoms with Crippen LogP contribution < -0.4 is 10.6 Å². The van der Waals surface area contributed by atoms with E-state index in [9.17, 15) is 14.4 Å². The predicted molar refractivity (Wildman–Crippen MR) is 84.7 cm³/mol. The number of amides is 4. The first-order valence-electron chi connectivity index (χ1n) is 8.07. The van der Waals surface area contributed by atoms with Crippen LogP contribution in [0.15, 0.2) is 30.3 Å². The standard InChI is InChI=1S/C17H21N3O3/c21-15(7-6-14-16(22)19-17(23)18-14)20-10-8-13(9-11-20)12-4-2-1-3-5-12/h1-5,13-14H,6-11H2,(H2,18,19,22,23)/t14-/m0/s1. The van der Waals surface area contributed by atoms with Crippen molar-refractivity contribution in [3.05, 3.63) is 35.9 Å². The van der Waals surface area contributed by atoms with Gasteiger partial charge in [0.2, 0.25) is 5.91 Å². The molecular weight excluding hydrogens is 294 g/mol. The van der Waals surface area contributed by atoms with E-state index < -0.39 is 12.1 Å². The maximum absolute atomic E-state index is 12.3. The smallest absolute Gasteiger partial charge is 0.322 e. The highest BCUT2D eigenvalue weighted by atomic mass is 16.2. The van der Waals surface area contributed by atoms with Crippen LogP contribution in [0.1, 0.15) is 37.2 Å². The van der Waals surface area contributed by atoms with Gasteiger partial charge in [0.25, 0.3) is 5.91 Å². The number of hydrogen-bond acceptors (Lipinski definition) is 3. The Balaban J connectivity index is 1.45. The summed E-state index contributed by atoms with van der Waals surface area (Å²) < 4.78 is 0. The molecule has 6 heteroatoms. The monoisotopic (exact) mass is 315 g/mol. The van der Waals surface area contributed by atoms with Gasteiger partial charge in [0.05, 0.1) is 0 Å². The van der Waals surface area contributed by atoms with Gasteiger partial charge in [0.15, 0.2) is 0 Å². The summed E-state index contributed by atoms with van der Waals surface area (Å²) >= 11 is 0. The molecule has 0 radical (unpaired) electrons. The third-order valence-corrected chi connectivity index (χ3v) is 4.62. The average Bonchev–Trinajstić information content (AvgIpc) is 2.91. The van der Waals surface area contributed by atoms with Gasteiger partial charge in [-0.05, 0) is 30.7 Å². The number of hydrogen-bond donors (Lipinski definition) is 2. The second-order valence-electron chi connectivity index (χ2n) is 6.12. The van der Waals surface area contributed by atoms with E-state index in [1.807, 2.05) is 23.1 Å². The van der Waals surface area contributed by atoms with Gasteiger partial charge in [-0.15, -0.1) is 0 Å². The Hall–Kier alpha value is -2.37. The van der Waals surface area contributed by atoms with Crippen LogP contribution in [-0.2, 0) is 9.59 Å². The molecule has 0 saturated carbocycles. The zero-order valence-corrected chi connectivity index (χ0v) is 13.0. The fourth-order valence-corrected chi connectivity index (χ4v) is 3.28. The number of imide groups is 1. The molecule has 1 aromatic rings. The number of urea groups is 1. The Kier molecular flexibility index (Phi) is 4.60. The van der Waals surface area contributed by atoms with E-state index in [1.54, 1.807) is 0 Å². The number of carbonyl (C=O) groups excluding carboxylic acids is 3. The van der Waals surface area contributed by atoms with Crippen molar-refractivity contribution in [3.8, 4) is 0 Å². The maximum Gasteiger partial charge on any atom is 0.322 e. The molecule has 23 heavy (non-hydrogen) atoms. The lowest BCUT2D eigenvalue weighted by Crippen LogP contribution is -2.39. The minimum atomic E-state index is -0.576. The predicted octanol–water partition coefficient (Wildman–Crippen LogP) is 1.38. The molecule has 4 amide bonds. The molecule has 0 spiro atoms. The number of benzene rings is 1. The third kappa shape index (κ3) is 3.70.